The van der Waals surface area contributed by atoms with Gasteiger partial charge in [-0.2, -0.15) is 0 Å². The summed E-state index contributed by atoms with van der Waals surface area (Å²) in [6.45, 7) is 5.35. The Morgan fingerprint density at radius 1 is 1.39 bits per heavy atom. The number of aliphatic carboxylic acids is 1. The van der Waals surface area contributed by atoms with Gasteiger partial charge in [0.1, 0.15) is 6.04 Å². The van der Waals surface area contributed by atoms with Crippen LogP contribution in [0.5, 0.6) is 0 Å². The van der Waals surface area contributed by atoms with Crippen LogP contribution >= 0.6 is 0 Å². The summed E-state index contributed by atoms with van der Waals surface area (Å²) in [5, 5.41) is 9.47. The van der Waals surface area contributed by atoms with Crippen molar-refractivity contribution in [2.24, 2.45) is 5.41 Å². The van der Waals surface area contributed by atoms with Gasteiger partial charge in [0.15, 0.2) is 5.82 Å². The average Bonchev–Trinajstić information content (AvgIpc) is 2.88. The van der Waals surface area contributed by atoms with Crippen LogP contribution < -0.4 is 4.90 Å². The van der Waals surface area contributed by atoms with E-state index in [1.165, 1.54) is 12.4 Å². The predicted octanol–water partition coefficient (Wildman–Crippen LogP) is 1.77. The topological polar surface area (TPSA) is 69.6 Å². The molecule has 1 N–H and O–H groups in total. The highest BCUT2D eigenvalue weighted by molar-refractivity contribution is 5.74. The van der Waals surface area contributed by atoms with Crippen LogP contribution in [0, 0.1) is 11.2 Å². The van der Waals surface area contributed by atoms with Crippen LogP contribution in [0.4, 0.5) is 10.3 Å². The molecule has 3 rings (SSSR count). The number of carboxylic acids is 1. The Bertz CT molecular complexity index is 558. The minimum absolute atomic E-state index is 0.0781. The molecule has 0 aromatic carbocycles. The maximum atomic E-state index is 12.9. The second-order valence-electron chi connectivity index (χ2n) is 6.72. The number of hydrogen-bond acceptors (Lipinski definition) is 5. The Morgan fingerprint density at radius 3 is 2.61 bits per heavy atom. The second-order valence-corrected chi connectivity index (χ2v) is 6.72. The first kappa shape index (κ1) is 16.1. The lowest BCUT2D eigenvalue weighted by atomic mass is 9.76. The van der Waals surface area contributed by atoms with E-state index in [1.807, 2.05) is 0 Å². The molecule has 0 amide bonds. The zero-order chi connectivity index (χ0) is 16.4. The highest BCUT2D eigenvalue weighted by Crippen LogP contribution is 2.43. The van der Waals surface area contributed by atoms with Crippen molar-refractivity contribution in [2.75, 3.05) is 31.1 Å². The normalized spacial score (nSPS) is 24.3. The van der Waals surface area contributed by atoms with Crippen LogP contribution in [0.3, 0.4) is 0 Å². The number of carbonyl (C=O) groups is 1. The van der Waals surface area contributed by atoms with Gasteiger partial charge in [0.25, 0.3) is 0 Å². The molecule has 0 bridgehead atoms. The van der Waals surface area contributed by atoms with E-state index >= 15 is 0 Å². The number of nitrogens with zero attached hydrogens (tertiary/aromatic N) is 4. The quantitative estimate of drug-likeness (QED) is 0.911. The summed E-state index contributed by atoms with van der Waals surface area (Å²) in [6.07, 6.45) is 5.92. The standard InChI is InChI=1S/C16H23FN4O2/c1-2-5-21-11-16(8-13(21)14(22)23)3-6-20(7-4-16)15-18-9-12(17)10-19-15/h9-10,13H,2-8,11H2,1H3,(H,22,23)/t13-/m0/s1. The first-order valence-electron chi connectivity index (χ1n) is 8.22. The first-order chi connectivity index (χ1) is 11.0. The minimum Gasteiger partial charge on any atom is -0.480 e. The summed E-state index contributed by atoms with van der Waals surface area (Å²) in [4.78, 5) is 23.8. The summed E-state index contributed by atoms with van der Waals surface area (Å²) in [6, 6.07) is -0.358. The molecule has 3 heterocycles. The van der Waals surface area contributed by atoms with E-state index in [2.05, 4.69) is 26.7 Å². The number of rotatable bonds is 4. The third-order valence-electron chi connectivity index (χ3n) is 5.12. The van der Waals surface area contributed by atoms with Gasteiger partial charge in [-0.25, -0.2) is 14.4 Å². The SMILES string of the molecule is CCCN1CC2(CCN(c3ncc(F)cn3)CC2)C[C@H]1C(=O)O. The van der Waals surface area contributed by atoms with Crippen LogP contribution in [0.2, 0.25) is 0 Å². The molecule has 2 saturated heterocycles. The lowest BCUT2D eigenvalue weighted by Crippen LogP contribution is -2.42. The van der Waals surface area contributed by atoms with Gasteiger partial charge < -0.3 is 10.0 Å². The molecule has 1 atom stereocenters. The maximum absolute atomic E-state index is 12.9. The number of carboxylic acid groups (broad SMARTS) is 1. The Balaban J connectivity index is 1.66. The zero-order valence-corrected chi connectivity index (χ0v) is 13.4. The number of halogens is 1. The summed E-state index contributed by atoms with van der Waals surface area (Å²) in [7, 11) is 0. The van der Waals surface area contributed by atoms with Gasteiger partial charge in [-0.05, 0) is 37.6 Å². The molecule has 23 heavy (non-hydrogen) atoms. The molecule has 0 saturated carbocycles. The zero-order valence-electron chi connectivity index (χ0n) is 13.4. The second kappa shape index (κ2) is 6.39. The Morgan fingerprint density at radius 2 is 2.04 bits per heavy atom. The molecule has 2 fully saturated rings. The summed E-state index contributed by atoms with van der Waals surface area (Å²) >= 11 is 0. The van der Waals surface area contributed by atoms with Crippen molar-refractivity contribution in [2.45, 2.75) is 38.6 Å². The Labute approximate surface area is 135 Å². The van der Waals surface area contributed by atoms with Gasteiger partial charge in [0, 0.05) is 19.6 Å². The largest absolute Gasteiger partial charge is 0.480 e. The maximum Gasteiger partial charge on any atom is 0.320 e. The fourth-order valence-electron chi connectivity index (χ4n) is 3.92. The average molecular weight is 322 g/mol. The molecule has 0 radical (unpaired) electrons. The van der Waals surface area contributed by atoms with Crippen LogP contribution in [-0.4, -0.2) is 58.2 Å². The summed E-state index contributed by atoms with van der Waals surface area (Å²) in [5.41, 5.74) is 0.0781. The first-order valence-corrected chi connectivity index (χ1v) is 8.22. The fraction of sp³-hybridized carbons (Fsp3) is 0.688. The van der Waals surface area contributed by atoms with E-state index in [0.29, 0.717) is 5.95 Å². The lowest BCUT2D eigenvalue weighted by molar-refractivity contribution is -0.142. The molecule has 1 aromatic rings. The van der Waals surface area contributed by atoms with Crippen LogP contribution in [0.1, 0.15) is 32.6 Å². The highest BCUT2D eigenvalue weighted by atomic mass is 19.1. The number of hydrogen-bond donors (Lipinski definition) is 1. The predicted molar refractivity (Wildman–Crippen MR) is 83.8 cm³/mol. The molecular formula is C16H23FN4O2. The minimum atomic E-state index is -0.709. The van der Waals surface area contributed by atoms with Crippen molar-refractivity contribution in [1.82, 2.24) is 14.9 Å². The van der Waals surface area contributed by atoms with E-state index in [1.54, 1.807) is 0 Å². The number of piperidine rings is 1. The molecule has 1 spiro atoms. The van der Waals surface area contributed by atoms with Crippen molar-refractivity contribution in [3.63, 3.8) is 0 Å². The van der Waals surface area contributed by atoms with Gasteiger partial charge in [0.05, 0.1) is 12.4 Å². The molecule has 7 heteroatoms. The monoisotopic (exact) mass is 322 g/mol. The number of aromatic nitrogens is 2. The smallest absolute Gasteiger partial charge is 0.320 e. The van der Waals surface area contributed by atoms with Crippen LogP contribution in [-0.2, 0) is 4.79 Å². The third-order valence-corrected chi connectivity index (χ3v) is 5.12. The Kier molecular flexibility index (Phi) is 4.48. The van der Waals surface area contributed by atoms with E-state index in [-0.39, 0.29) is 11.5 Å². The fourth-order valence-corrected chi connectivity index (χ4v) is 3.92. The lowest BCUT2D eigenvalue weighted by Gasteiger charge is -2.39. The van der Waals surface area contributed by atoms with Gasteiger partial charge in [0.2, 0.25) is 5.95 Å². The van der Waals surface area contributed by atoms with Gasteiger partial charge in [-0.1, -0.05) is 6.92 Å². The van der Waals surface area contributed by atoms with E-state index in [4.69, 9.17) is 0 Å². The Hall–Kier alpha value is -1.76. The number of anilines is 1. The van der Waals surface area contributed by atoms with Crippen molar-refractivity contribution in [3.05, 3.63) is 18.2 Å². The molecule has 126 valence electrons. The van der Waals surface area contributed by atoms with E-state index in [0.717, 1.165) is 51.9 Å². The summed E-state index contributed by atoms with van der Waals surface area (Å²) < 4.78 is 12.9. The van der Waals surface area contributed by atoms with Crippen LogP contribution in [0.25, 0.3) is 0 Å². The van der Waals surface area contributed by atoms with E-state index < -0.39 is 11.8 Å². The van der Waals surface area contributed by atoms with Crippen molar-refractivity contribution in [3.8, 4) is 0 Å². The van der Waals surface area contributed by atoms with E-state index in [9.17, 15) is 14.3 Å². The van der Waals surface area contributed by atoms with Crippen molar-refractivity contribution >= 4 is 11.9 Å². The molecule has 0 aliphatic carbocycles. The van der Waals surface area contributed by atoms with Crippen molar-refractivity contribution in [1.29, 1.82) is 0 Å². The summed E-state index contributed by atoms with van der Waals surface area (Å²) in [5.74, 6) is -0.586. The van der Waals surface area contributed by atoms with Crippen molar-refractivity contribution < 1.29 is 14.3 Å². The molecule has 2 aliphatic rings. The van der Waals surface area contributed by atoms with Gasteiger partial charge >= 0.3 is 5.97 Å². The molecule has 2 aliphatic heterocycles. The molecular weight excluding hydrogens is 299 g/mol. The van der Waals surface area contributed by atoms with Crippen LogP contribution in [0.15, 0.2) is 12.4 Å². The van der Waals surface area contributed by atoms with Gasteiger partial charge in [-0.15, -0.1) is 0 Å². The number of likely N-dealkylation sites (tertiary alicyclic amines) is 1. The molecule has 1 aromatic heterocycles. The van der Waals surface area contributed by atoms with Gasteiger partial charge in [-0.3, -0.25) is 9.69 Å². The molecule has 0 unspecified atom stereocenters. The molecule has 6 nitrogen and oxygen atoms in total. The highest BCUT2D eigenvalue weighted by Gasteiger charge is 2.47. The third kappa shape index (κ3) is 3.29.